The maximum Gasteiger partial charge on any atom is 0.311 e. The normalized spacial score (nSPS) is 26.6. The fraction of sp³-hybridized carbons (Fsp3) is 0.615. The van der Waals surface area contributed by atoms with Gasteiger partial charge >= 0.3 is 4.87 Å². The van der Waals surface area contributed by atoms with Gasteiger partial charge in [0.25, 0.3) is 5.56 Å². The second kappa shape index (κ2) is 5.49. The Hall–Kier alpha value is -1.71. The van der Waals surface area contributed by atoms with Crippen LogP contribution in [0, 0.1) is 5.92 Å². The third-order valence-electron chi connectivity index (χ3n) is 4.00. The molecule has 3 rings (SSSR count). The number of ether oxygens (including phenoxy) is 1. The van der Waals surface area contributed by atoms with Crippen LogP contribution in [0.25, 0.3) is 10.3 Å². The lowest BCUT2D eigenvalue weighted by Gasteiger charge is -2.19. The molecule has 2 aromatic rings. The second-order valence-electron chi connectivity index (χ2n) is 5.60. The van der Waals surface area contributed by atoms with Gasteiger partial charge in [-0.25, -0.2) is 0 Å². The third-order valence-corrected chi connectivity index (χ3v) is 4.94. The summed E-state index contributed by atoms with van der Waals surface area (Å²) in [6.45, 7) is 3.82. The molecule has 3 heterocycles. The Morgan fingerprint density at radius 3 is 3.00 bits per heavy atom. The van der Waals surface area contributed by atoms with E-state index in [9.17, 15) is 14.7 Å². The summed E-state index contributed by atoms with van der Waals surface area (Å²) in [5, 5.41) is 9.96. The molecule has 0 bridgehead atoms. The van der Waals surface area contributed by atoms with Crippen LogP contribution in [0.2, 0.25) is 0 Å². The highest BCUT2D eigenvalue weighted by Crippen LogP contribution is 2.36. The molecule has 0 spiro atoms. The van der Waals surface area contributed by atoms with Crippen molar-refractivity contribution in [2.24, 2.45) is 5.92 Å². The minimum absolute atomic E-state index is 0.0176. The second-order valence-corrected chi connectivity index (χ2v) is 6.56. The van der Waals surface area contributed by atoms with Crippen LogP contribution in [0.3, 0.4) is 0 Å². The van der Waals surface area contributed by atoms with E-state index in [4.69, 9.17) is 10.5 Å². The molecule has 4 atom stereocenters. The molecule has 0 amide bonds. The summed E-state index contributed by atoms with van der Waals surface area (Å²) in [5.74, 6) is -0.0242. The monoisotopic (exact) mass is 326 g/mol. The predicted octanol–water partition coefficient (Wildman–Crippen LogP) is 0.423. The standard InChI is InChI=1S/C13H18N4O4S/c1-3-6(18)7-4-5(2)11(21-7)17-9-8(22-13(17)20)10(19)16-12(14)15-9/h5-7,11,18H,3-4H2,1-2H3,(H3,14,15,16,19)/t5-,6?,7+,11-/m1/s1. The van der Waals surface area contributed by atoms with Crippen molar-refractivity contribution in [3.63, 3.8) is 0 Å². The van der Waals surface area contributed by atoms with Crippen molar-refractivity contribution in [2.45, 2.75) is 45.1 Å². The maximum absolute atomic E-state index is 12.3. The van der Waals surface area contributed by atoms with Gasteiger partial charge in [0.2, 0.25) is 5.95 Å². The fourth-order valence-corrected chi connectivity index (χ4v) is 3.69. The number of fused-ring (bicyclic) bond motifs is 1. The molecule has 4 N–H and O–H groups in total. The summed E-state index contributed by atoms with van der Waals surface area (Å²) in [7, 11) is 0. The Bertz CT molecular complexity index is 810. The molecule has 120 valence electrons. The van der Waals surface area contributed by atoms with Crippen molar-refractivity contribution in [3.8, 4) is 0 Å². The van der Waals surface area contributed by atoms with Gasteiger partial charge in [0.05, 0.1) is 12.2 Å². The first-order chi connectivity index (χ1) is 10.4. The van der Waals surface area contributed by atoms with Gasteiger partial charge < -0.3 is 15.6 Å². The third kappa shape index (κ3) is 2.34. The van der Waals surface area contributed by atoms with Crippen LogP contribution in [-0.2, 0) is 4.74 Å². The zero-order valence-electron chi connectivity index (χ0n) is 12.3. The minimum Gasteiger partial charge on any atom is -0.390 e. The molecule has 22 heavy (non-hydrogen) atoms. The van der Waals surface area contributed by atoms with Gasteiger partial charge in [-0.05, 0) is 12.8 Å². The number of nitrogens with one attached hydrogen (secondary N) is 1. The van der Waals surface area contributed by atoms with E-state index < -0.39 is 17.9 Å². The van der Waals surface area contributed by atoms with Gasteiger partial charge in [-0.15, -0.1) is 0 Å². The summed E-state index contributed by atoms with van der Waals surface area (Å²) in [4.78, 5) is 30.3. The van der Waals surface area contributed by atoms with Gasteiger partial charge in [0, 0.05) is 5.92 Å². The molecule has 0 aliphatic carbocycles. The number of hydrogen-bond donors (Lipinski definition) is 3. The summed E-state index contributed by atoms with van der Waals surface area (Å²) >= 11 is 0.821. The number of aliphatic hydroxyl groups excluding tert-OH is 1. The van der Waals surface area contributed by atoms with Crippen molar-refractivity contribution >= 4 is 27.6 Å². The molecule has 2 aromatic heterocycles. The van der Waals surface area contributed by atoms with E-state index in [0.717, 1.165) is 11.3 Å². The van der Waals surface area contributed by atoms with E-state index in [1.807, 2.05) is 13.8 Å². The zero-order valence-corrected chi connectivity index (χ0v) is 13.1. The molecular weight excluding hydrogens is 308 g/mol. The molecule has 1 unspecified atom stereocenters. The number of rotatable bonds is 3. The average molecular weight is 326 g/mol. The SMILES string of the molecule is CCC(O)[C@@H]1C[C@@H](C)[C@H](n2c(=O)sc3c(=O)[nH]c(N)nc32)O1. The van der Waals surface area contributed by atoms with Crippen molar-refractivity contribution in [3.05, 3.63) is 20.0 Å². The largest absolute Gasteiger partial charge is 0.390 e. The molecule has 9 heteroatoms. The first kappa shape index (κ1) is 15.2. The number of hydrogen-bond acceptors (Lipinski definition) is 7. The van der Waals surface area contributed by atoms with E-state index in [-0.39, 0.29) is 33.2 Å². The number of aromatic amines is 1. The van der Waals surface area contributed by atoms with Gasteiger partial charge in [0.1, 0.15) is 10.9 Å². The van der Waals surface area contributed by atoms with Crippen LogP contribution in [-0.4, -0.2) is 31.8 Å². The molecular formula is C13H18N4O4S. The van der Waals surface area contributed by atoms with E-state index in [0.29, 0.717) is 12.8 Å². The number of anilines is 1. The van der Waals surface area contributed by atoms with Crippen LogP contribution in [0.15, 0.2) is 9.59 Å². The lowest BCUT2D eigenvalue weighted by Crippen LogP contribution is -2.27. The van der Waals surface area contributed by atoms with Crippen molar-refractivity contribution < 1.29 is 9.84 Å². The van der Waals surface area contributed by atoms with Gasteiger partial charge in [-0.1, -0.05) is 25.2 Å². The van der Waals surface area contributed by atoms with Crippen LogP contribution >= 0.6 is 11.3 Å². The van der Waals surface area contributed by atoms with Crippen molar-refractivity contribution in [1.29, 1.82) is 0 Å². The van der Waals surface area contributed by atoms with Crippen LogP contribution in [0.4, 0.5) is 5.95 Å². The first-order valence-corrected chi connectivity index (χ1v) is 7.98. The van der Waals surface area contributed by atoms with Crippen LogP contribution in [0.1, 0.15) is 32.9 Å². The maximum atomic E-state index is 12.3. The Balaban J connectivity index is 2.09. The number of H-pyrrole nitrogens is 1. The van der Waals surface area contributed by atoms with Crippen molar-refractivity contribution in [2.75, 3.05) is 5.73 Å². The molecule has 8 nitrogen and oxygen atoms in total. The van der Waals surface area contributed by atoms with E-state index in [1.165, 1.54) is 4.57 Å². The summed E-state index contributed by atoms with van der Waals surface area (Å²) in [6.07, 6.45) is -0.238. The summed E-state index contributed by atoms with van der Waals surface area (Å²) < 4.78 is 7.47. The minimum atomic E-state index is -0.575. The predicted molar refractivity (Wildman–Crippen MR) is 82.9 cm³/mol. The molecule has 1 fully saturated rings. The molecule has 0 aromatic carbocycles. The van der Waals surface area contributed by atoms with Gasteiger partial charge in [-0.3, -0.25) is 19.1 Å². The quantitative estimate of drug-likeness (QED) is 0.751. The van der Waals surface area contributed by atoms with E-state index in [1.54, 1.807) is 0 Å². The number of nitrogen functional groups attached to an aromatic ring is 1. The number of nitrogens with zero attached hydrogens (tertiary/aromatic N) is 2. The number of thiazole rings is 1. The fourth-order valence-electron chi connectivity index (χ4n) is 2.85. The molecule has 0 saturated carbocycles. The molecule has 1 aliphatic rings. The number of aromatic nitrogens is 3. The zero-order chi connectivity index (χ0) is 16.0. The number of aliphatic hydroxyl groups is 1. The Kier molecular flexibility index (Phi) is 3.79. The highest BCUT2D eigenvalue weighted by Gasteiger charge is 2.38. The molecule has 1 aliphatic heterocycles. The molecule has 1 saturated heterocycles. The smallest absolute Gasteiger partial charge is 0.311 e. The average Bonchev–Trinajstić information content (AvgIpc) is 2.98. The lowest BCUT2D eigenvalue weighted by atomic mass is 10.0. The first-order valence-electron chi connectivity index (χ1n) is 7.16. The molecule has 0 radical (unpaired) electrons. The Morgan fingerprint density at radius 1 is 1.59 bits per heavy atom. The summed E-state index contributed by atoms with van der Waals surface area (Å²) in [6, 6.07) is 0. The van der Waals surface area contributed by atoms with Gasteiger partial charge in [0.15, 0.2) is 5.65 Å². The van der Waals surface area contributed by atoms with E-state index >= 15 is 0 Å². The highest BCUT2D eigenvalue weighted by molar-refractivity contribution is 7.16. The lowest BCUT2D eigenvalue weighted by molar-refractivity contribution is -0.0643. The summed E-state index contributed by atoms with van der Waals surface area (Å²) in [5.41, 5.74) is 5.38. The van der Waals surface area contributed by atoms with Crippen LogP contribution < -0.4 is 16.2 Å². The topological polar surface area (TPSA) is 123 Å². The van der Waals surface area contributed by atoms with Gasteiger partial charge in [-0.2, -0.15) is 4.98 Å². The van der Waals surface area contributed by atoms with Crippen molar-refractivity contribution in [1.82, 2.24) is 14.5 Å². The van der Waals surface area contributed by atoms with Crippen LogP contribution in [0.5, 0.6) is 0 Å². The number of nitrogens with two attached hydrogens (primary N) is 1. The Labute approximate surface area is 129 Å². The van der Waals surface area contributed by atoms with E-state index in [2.05, 4.69) is 9.97 Å². The highest BCUT2D eigenvalue weighted by atomic mass is 32.1. The Morgan fingerprint density at radius 2 is 2.32 bits per heavy atom.